The van der Waals surface area contributed by atoms with E-state index >= 15 is 0 Å². The van der Waals surface area contributed by atoms with Crippen LogP contribution in [0.15, 0.2) is 53.3 Å². The van der Waals surface area contributed by atoms with Crippen LogP contribution in [0, 0.1) is 0 Å². The summed E-state index contributed by atoms with van der Waals surface area (Å²) >= 11 is 3.45. The van der Waals surface area contributed by atoms with Gasteiger partial charge < -0.3 is 4.90 Å². The minimum absolute atomic E-state index is 0.000943. The molecule has 1 amide bonds. The third-order valence-corrected chi connectivity index (χ3v) is 3.86. The Morgan fingerprint density at radius 3 is 2.76 bits per heavy atom. The maximum Gasteiger partial charge on any atom is 0.253 e. The van der Waals surface area contributed by atoms with Gasteiger partial charge in [0.2, 0.25) is 0 Å². The Kier molecular flexibility index (Phi) is 3.75. The molecule has 0 saturated heterocycles. The van der Waals surface area contributed by atoms with E-state index in [-0.39, 0.29) is 5.91 Å². The molecule has 0 saturated carbocycles. The number of nitrogens with one attached hydrogen (secondary N) is 1. The van der Waals surface area contributed by atoms with E-state index in [4.69, 9.17) is 0 Å². The van der Waals surface area contributed by atoms with E-state index in [2.05, 4.69) is 26.1 Å². The van der Waals surface area contributed by atoms with Gasteiger partial charge in [0.05, 0.1) is 6.20 Å². The molecule has 0 fully saturated rings. The van der Waals surface area contributed by atoms with Gasteiger partial charge in [-0.15, -0.1) is 0 Å². The standard InChI is InChI=1S/C16H14BrN3O/c1-20(10-11-8-18-19-9-11)16(21)14-3-2-13-7-15(17)5-4-12(13)6-14/h2-9H,10H2,1H3,(H,18,19). The number of nitrogens with zero attached hydrogens (tertiary/aromatic N) is 2. The summed E-state index contributed by atoms with van der Waals surface area (Å²) in [5.41, 5.74) is 1.67. The summed E-state index contributed by atoms with van der Waals surface area (Å²) in [4.78, 5) is 14.2. The first-order valence-corrected chi connectivity index (χ1v) is 7.35. The van der Waals surface area contributed by atoms with Crippen LogP contribution in [0.1, 0.15) is 15.9 Å². The maximum atomic E-state index is 12.5. The Bertz CT molecular complexity index is 783. The highest BCUT2D eigenvalue weighted by Crippen LogP contribution is 2.21. The lowest BCUT2D eigenvalue weighted by atomic mass is 10.1. The molecule has 0 aliphatic heterocycles. The average molecular weight is 344 g/mol. The van der Waals surface area contributed by atoms with Crippen LogP contribution in [0.5, 0.6) is 0 Å². The SMILES string of the molecule is CN(Cc1cn[nH]c1)C(=O)c1ccc2cc(Br)ccc2c1. The van der Waals surface area contributed by atoms with Gasteiger partial charge in [-0.2, -0.15) is 5.10 Å². The predicted molar refractivity (Wildman–Crippen MR) is 86.0 cm³/mol. The van der Waals surface area contributed by atoms with Crippen LogP contribution in [0.3, 0.4) is 0 Å². The largest absolute Gasteiger partial charge is 0.337 e. The molecular formula is C16H14BrN3O. The van der Waals surface area contributed by atoms with Crippen LogP contribution >= 0.6 is 15.9 Å². The number of hydrogen-bond acceptors (Lipinski definition) is 2. The van der Waals surface area contributed by atoms with Gasteiger partial charge in [-0.05, 0) is 35.0 Å². The Morgan fingerprint density at radius 2 is 2.00 bits per heavy atom. The van der Waals surface area contributed by atoms with Crippen molar-refractivity contribution in [3.05, 3.63) is 64.4 Å². The van der Waals surface area contributed by atoms with Crippen molar-refractivity contribution in [2.45, 2.75) is 6.54 Å². The van der Waals surface area contributed by atoms with Crippen molar-refractivity contribution in [2.75, 3.05) is 7.05 Å². The van der Waals surface area contributed by atoms with E-state index in [9.17, 15) is 4.79 Å². The molecule has 1 aromatic heterocycles. The lowest BCUT2D eigenvalue weighted by Gasteiger charge is -2.16. The van der Waals surface area contributed by atoms with Gasteiger partial charge in [0.25, 0.3) is 5.91 Å². The van der Waals surface area contributed by atoms with Gasteiger partial charge in [0.15, 0.2) is 0 Å². The number of hydrogen-bond donors (Lipinski definition) is 1. The number of halogens is 1. The molecule has 0 aliphatic carbocycles. The molecule has 2 aromatic carbocycles. The molecule has 3 aromatic rings. The normalized spacial score (nSPS) is 10.8. The van der Waals surface area contributed by atoms with E-state index in [1.54, 1.807) is 24.3 Å². The summed E-state index contributed by atoms with van der Waals surface area (Å²) in [6.45, 7) is 0.535. The molecule has 0 bridgehead atoms. The van der Waals surface area contributed by atoms with Gasteiger partial charge in [0, 0.05) is 35.4 Å². The van der Waals surface area contributed by atoms with Crippen molar-refractivity contribution in [3.8, 4) is 0 Å². The summed E-state index contributed by atoms with van der Waals surface area (Å²) in [5, 5.41) is 8.81. The van der Waals surface area contributed by atoms with Crippen LogP contribution < -0.4 is 0 Å². The van der Waals surface area contributed by atoms with E-state index in [0.717, 1.165) is 20.8 Å². The van der Waals surface area contributed by atoms with Gasteiger partial charge in [-0.3, -0.25) is 9.89 Å². The Hall–Kier alpha value is -2.14. The molecule has 0 spiro atoms. The summed E-state index contributed by atoms with van der Waals surface area (Å²) in [6.07, 6.45) is 3.52. The highest BCUT2D eigenvalue weighted by atomic mass is 79.9. The van der Waals surface area contributed by atoms with Crippen LogP contribution in [-0.2, 0) is 6.54 Å². The topological polar surface area (TPSA) is 49.0 Å². The molecule has 0 atom stereocenters. The minimum atomic E-state index is 0.000943. The Labute approximate surface area is 130 Å². The minimum Gasteiger partial charge on any atom is -0.337 e. The van der Waals surface area contributed by atoms with E-state index < -0.39 is 0 Å². The van der Waals surface area contributed by atoms with Crippen molar-refractivity contribution in [3.63, 3.8) is 0 Å². The molecule has 0 aliphatic rings. The molecule has 0 radical (unpaired) electrons. The second kappa shape index (κ2) is 5.69. The first kappa shape index (κ1) is 13.8. The molecule has 4 nitrogen and oxygen atoms in total. The zero-order chi connectivity index (χ0) is 14.8. The van der Waals surface area contributed by atoms with Gasteiger partial charge >= 0.3 is 0 Å². The fourth-order valence-electron chi connectivity index (χ4n) is 2.28. The summed E-state index contributed by atoms with van der Waals surface area (Å²) < 4.78 is 1.03. The number of carbonyl (C=O) groups is 1. The Morgan fingerprint density at radius 1 is 1.24 bits per heavy atom. The van der Waals surface area contributed by atoms with Gasteiger partial charge in [0.1, 0.15) is 0 Å². The fraction of sp³-hybridized carbons (Fsp3) is 0.125. The van der Waals surface area contributed by atoms with Crippen LogP contribution in [0.4, 0.5) is 0 Å². The lowest BCUT2D eigenvalue weighted by Crippen LogP contribution is -2.25. The van der Waals surface area contributed by atoms with Crippen molar-refractivity contribution in [1.29, 1.82) is 0 Å². The molecule has 1 heterocycles. The zero-order valence-corrected chi connectivity index (χ0v) is 13.1. The number of amides is 1. The van der Waals surface area contributed by atoms with Crippen molar-refractivity contribution in [2.24, 2.45) is 0 Å². The van der Waals surface area contributed by atoms with Crippen molar-refractivity contribution >= 4 is 32.6 Å². The number of fused-ring (bicyclic) bond motifs is 1. The molecule has 5 heteroatoms. The number of rotatable bonds is 3. The monoisotopic (exact) mass is 343 g/mol. The quantitative estimate of drug-likeness (QED) is 0.789. The smallest absolute Gasteiger partial charge is 0.253 e. The predicted octanol–water partition coefficient (Wildman–Crippen LogP) is 3.60. The summed E-state index contributed by atoms with van der Waals surface area (Å²) in [7, 11) is 1.79. The van der Waals surface area contributed by atoms with Crippen LogP contribution in [0.25, 0.3) is 10.8 Å². The molecule has 21 heavy (non-hydrogen) atoms. The van der Waals surface area contributed by atoms with E-state index in [0.29, 0.717) is 12.1 Å². The van der Waals surface area contributed by atoms with E-state index in [1.165, 1.54) is 0 Å². The molecule has 1 N–H and O–H groups in total. The number of benzene rings is 2. The molecule has 106 valence electrons. The Balaban J connectivity index is 1.85. The molecule has 0 unspecified atom stereocenters. The molecule has 3 rings (SSSR count). The number of aromatic nitrogens is 2. The summed E-state index contributed by atoms with van der Waals surface area (Å²) in [5.74, 6) is 0.000943. The maximum absolute atomic E-state index is 12.5. The molecular weight excluding hydrogens is 330 g/mol. The van der Waals surface area contributed by atoms with Crippen LogP contribution in [0.2, 0.25) is 0 Å². The first-order chi connectivity index (χ1) is 10.1. The van der Waals surface area contributed by atoms with Crippen molar-refractivity contribution < 1.29 is 4.79 Å². The third kappa shape index (κ3) is 2.97. The number of aromatic amines is 1. The van der Waals surface area contributed by atoms with Crippen LogP contribution in [-0.4, -0.2) is 28.1 Å². The second-order valence-corrected chi connectivity index (χ2v) is 5.89. The highest BCUT2D eigenvalue weighted by molar-refractivity contribution is 9.10. The van der Waals surface area contributed by atoms with Gasteiger partial charge in [-0.25, -0.2) is 0 Å². The second-order valence-electron chi connectivity index (χ2n) is 4.97. The lowest BCUT2D eigenvalue weighted by molar-refractivity contribution is 0.0785. The van der Waals surface area contributed by atoms with Gasteiger partial charge in [-0.1, -0.05) is 28.1 Å². The number of H-pyrrole nitrogens is 1. The fourth-order valence-corrected chi connectivity index (χ4v) is 2.66. The summed E-state index contributed by atoms with van der Waals surface area (Å²) in [6, 6.07) is 11.8. The highest BCUT2D eigenvalue weighted by Gasteiger charge is 2.13. The third-order valence-electron chi connectivity index (χ3n) is 3.37. The van der Waals surface area contributed by atoms with E-state index in [1.807, 2.05) is 36.4 Å². The first-order valence-electron chi connectivity index (χ1n) is 6.56. The zero-order valence-electron chi connectivity index (χ0n) is 11.5. The van der Waals surface area contributed by atoms with Crippen molar-refractivity contribution in [1.82, 2.24) is 15.1 Å². The number of carbonyl (C=O) groups excluding carboxylic acids is 1. The average Bonchev–Trinajstić information content (AvgIpc) is 2.98.